The molecule has 3 rings (SSSR count). The molecule has 1 heterocycles. The van der Waals surface area contributed by atoms with Crippen LogP contribution in [-0.4, -0.2) is 43.9 Å². The number of thioether (sulfide) groups is 1. The molecule has 2 aromatic rings. The highest BCUT2D eigenvalue weighted by molar-refractivity contribution is 7.98. The van der Waals surface area contributed by atoms with Crippen LogP contribution < -0.4 is 0 Å². The quantitative estimate of drug-likeness (QED) is 0.414. The Morgan fingerprint density at radius 3 is 2.56 bits per heavy atom. The van der Waals surface area contributed by atoms with Crippen LogP contribution in [0.4, 0.5) is 5.69 Å². The smallest absolute Gasteiger partial charge is 0.284 e. The van der Waals surface area contributed by atoms with Gasteiger partial charge in [0.25, 0.3) is 5.69 Å². The number of nitro groups is 1. The lowest BCUT2D eigenvalue weighted by atomic mass is 10.1. The molecule has 9 heteroatoms. The molecule has 2 aromatic carbocycles. The Morgan fingerprint density at radius 2 is 1.89 bits per heavy atom. The topological polar surface area (TPSA) is 89.8 Å². The molecule has 0 unspecified atom stereocenters. The van der Waals surface area contributed by atoms with Gasteiger partial charge in [0.05, 0.1) is 27.9 Å². The number of nitro benzene ring substituents is 1. The van der Waals surface area contributed by atoms with Crippen molar-refractivity contribution >= 4 is 27.5 Å². The second-order valence-corrected chi connectivity index (χ2v) is 9.07. The van der Waals surface area contributed by atoms with Gasteiger partial charge in [-0.2, -0.15) is 4.31 Å². The summed E-state index contributed by atoms with van der Waals surface area (Å²) in [6.45, 7) is 3.14. The van der Waals surface area contributed by atoms with Crippen LogP contribution >= 0.6 is 11.8 Å². The van der Waals surface area contributed by atoms with Crippen LogP contribution in [0.15, 0.2) is 52.3 Å². The number of hydrogen-bond acceptors (Lipinski definition) is 6. The average Bonchev–Trinajstić information content (AvgIpc) is 2.68. The zero-order valence-electron chi connectivity index (χ0n) is 14.8. The summed E-state index contributed by atoms with van der Waals surface area (Å²) in [5.74, 6) is 0.572. The lowest BCUT2D eigenvalue weighted by Gasteiger charge is -2.26. The molecular weight excluding hydrogens is 388 g/mol. The Kier molecular flexibility index (Phi) is 6.15. The van der Waals surface area contributed by atoms with E-state index in [9.17, 15) is 18.5 Å². The minimum absolute atomic E-state index is 0.0589. The zero-order chi connectivity index (χ0) is 19.4. The first-order valence-electron chi connectivity index (χ1n) is 8.43. The highest BCUT2D eigenvalue weighted by Gasteiger charge is 2.28. The highest BCUT2D eigenvalue weighted by Crippen LogP contribution is 2.34. The summed E-state index contributed by atoms with van der Waals surface area (Å²) in [4.78, 5) is 11.4. The fourth-order valence-electron chi connectivity index (χ4n) is 2.79. The van der Waals surface area contributed by atoms with E-state index in [4.69, 9.17) is 4.74 Å². The SMILES string of the molecule is Cc1ccccc1CSc1ccc(S(=O)(=O)N2CCOCC2)cc1[N+](=O)[O-]. The molecule has 27 heavy (non-hydrogen) atoms. The molecule has 0 saturated carbocycles. The van der Waals surface area contributed by atoms with Gasteiger partial charge < -0.3 is 4.74 Å². The second-order valence-electron chi connectivity index (χ2n) is 6.12. The number of nitrogens with zero attached hydrogens (tertiary/aromatic N) is 2. The highest BCUT2D eigenvalue weighted by atomic mass is 32.2. The monoisotopic (exact) mass is 408 g/mol. The van der Waals surface area contributed by atoms with Crippen molar-refractivity contribution in [2.45, 2.75) is 22.5 Å². The zero-order valence-corrected chi connectivity index (χ0v) is 16.5. The summed E-state index contributed by atoms with van der Waals surface area (Å²) >= 11 is 1.33. The number of aryl methyl sites for hydroxylation is 1. The average molecular weight is 409 g/mol. The molecule has 0 N–H and O–H groups in total. The fraction of sp³-hybridized carbons (Fsp3) is 0.333. The molecular formula is C18H20N2O5S2. The summed E-state index contributed by atoms with van der Waals surface area (Å²) in [5.41, 5.74) is 2.00. The van der Waals surface area contributed by atoms with E-state index in [2.05, 4.69) is 0 Å². The Balaban J connectivity index is 1.86. The lowest BCUT2D eigenvalue weighted by Crippen LogP contribution is -2.40. The van der Waals surface area contributed by atoms with Crippen LogP contribution in [0.1, 0.15) is 11.1 Å². The Morgan fingerprint density at radius 1 is 1.19 bits per heavy atom. The van der Waals surface area contributed by atoms with Gasteiger partial charge in [0, 0.05) is 24.9 Å². The van der Waals surface area contributed by atoms with Gasteiger partial charge in [-0.05, 0) is 30.2 Å². The number of morpholine rings is 1. The van der Waals surface area contributed by atoms with Crippen LogP contribution in [0.25, 0.3) is 0 Å². The predicted octanol–water partition coefficient (Wildman–Crippen LogP) is 3.22. The third kappa shape index (κ3) is 4.49. The standard InChI is InChI=1S/C18H20N2O5S2/c1-14-4-2-3-5-15(14)13-26-18-7-6-16(12-17(18)20(21)22)27(23,24)19-8-10-25-11-9-19/h2-7,12H,8-11,13H2,1H3. The number of sulfonamides is 1. The third-order valence-corrected chi connectivity index (χ3v) is 7.39. The van der Waals surface area contributed by atoms with Gasteiger partial charge in [0.15, 0.2) is 0 Å². The molecule has 0 bridgehead atoms. The Labute approximate surface area is 162 Å². The Bertz CT molecular complexity index is 941. The van der Waals surface area contributed by atoms with Gasteiger partial charge in [0.1, 0.15) is 0 Å². The molecule has 1 aliphatic rings. The molecule has 0 aliphatic carbocycles. The van der Waals surface area contributed by atoms with Crippen LogP contribution in [-0.2, 0) is 20.5 Å². The molecule has 7 nitrogen and oxygen atoms in total. The van der Waals surface area contributed by atoms with Crippen molar-refractivity contribution in [2.24, 2.45) is 0 Å². The predicted molar refractivity (Wildman–Crippen MR) is 103 cm³/mol. The van der Waals surface area contributed by atoms with Crippen molar-refractivity contribution in [3.8, 4) is 0 Å². The summed E-state index contributed by atoms with van der Waals surface area (Å²) in [6.07, 6.45) is 0. The van der Waals surface area contributed by atoms with E-state index in [1.54, 1.807) is 0 Å². The van der Waals surface area contributed by atoms with E-state index in [1.807, 2.05) is 31.2 Å². The molecule has 1 fully saturated rings. The fourth-order valence-corrected chi connectivity index (χ4v) is 5.29. The van der Waals surface area contributed by atoms with Crippen LogP contribution in [0.2, 0.25) is 0 Å². The Hall–Kier alpha value is -1.94. The first-order valence-corrected chi connectivity index (χ1v) is 10.9. The van der Waals surface area contributed by atoms with E-state index in [0.29, 0.717) is 23.9 Å². The van der Waals surface area contributed by atoms with E-state index in [0.717, 1.165) is 17.2 Å². The normalized spacial score (nSPS) is 15.6. The summed E-state index contributed by atoms with van der Waals surface area (Å²) in [5, 5.41) is 11.5. The van der Waals surface area contributed by atoms with Gasteiger partial charge in [-0.1, -0.05) is 24.3 Å². The van der Waals surface area contributed by atoms with Gasteiger partial charge >= 0.3 is 0 Å². The van der Waals surface area contributed by atoms with E-state index in [-0.39, 0.29) is 23.7 Å². The largest absolute Gasteiger partial charge is 0.379 e. The van der Waals surface area contributed by atoms with Crippen LogP contribution in [0, 0.1) is 17.0 Å². The van der Waals surface area contributed by atoms with Gasteiger partial charge in [-0.15, -0.1) is 11.8 Å². The number of ether oxygens (including phenoxy) is 1. The van der Waals surface area contributed by atoms with Crippen molar-refractivity contribution < 1.29 is 18.1 Å². The first kappa shape index (κ1) is 19.8. The summed E-state index contributed by atoms with van der Waals surface area (Å²) in [7, 11) is -3.77. The molecule has 0 spiro atoms. The maximum atomic E-state index is 12.7. The van der Waals surface area contributed by atoms with Crippen LogP contribution in [0.3, 0.4) is 0 Å². The molecule has 1 saturated heterocycles. The summed E-state index contributed by atoms with van der Waals surface area (Å²) in [6, 6.07) is 12.0. The number of hydrogen-bond donors (Lipinski definition) is 0. The van der Waals surface area contributed by atoms with Crippen molar-refractivity contribution in [3.05, 3.63) is 63.7 Å². The van der Waals surface area contributed by atoms with Gasteiger partial charge in [0.2, 0.25) is 10.0 Å². The minimum atomic E-state index is -3.77. The molecule has 0 aromatic heterocycles. The lowest BCUT2D eigenvalue weighted by molar-refractivity contribution is -0.388. The van der Waals surface area contributed by atoms with Crippen LogP contribution in [0.5, 0.6) is 0 Å². The van der Waals surface area contributed by atoms with Crippen molar-refractivity contribution in [2.75, 3.05) is 26.3 Å². The van der Waals surface area contributed by atoms with E-state index < -0.39 is 14.9 Å². The van der Waals surface area contributed by atoms with Crippen molar-refractivity contribution in [1.82, 2.24) is 4.31 Å². The molecule has 0 radical (unpaired) electrons. The van der Waals surface area contributed by atoms with Crippen molar-refractivity contribution in [3.63, 3.8) is 0 Å². The molecule has 1 aliphatic heterocycles. The van der Waals surface area contributed by atoms with E-state index in [1.165, 1.54) is 28.2 Å². The maximum Gasteiger partial charge on any atom is 0.284 e. The number of benzene rings is 2. The minimum Gasteiger partial charge on any atom is -0.379 e. The van der Waals surface area contributed by atoms with Crippen molar-refractivity contribution in [1.29, 1.82) is 0 Å². The second kappa shape index (κ2) is 8.39. The first-order chi connectivity index (χ1) is 12.9. The molecule has 0 amide bonds. The third-order valence-electron chi connectivity index (χ3n) is 4.38. The molecule has 144 valence electrons. The number of rotatable bonds is 6. The van der Waals surface area contributed by atoms with Gasteiger partial charge in [-0.3, -0.25) is 10.1 Å². The summed E-state index contributed by atoms with van der Waals surface area (Å²) < 4.78 is 32.0. The molecule has 0 atom stereocenters. The maximum absolute atomic E-state index is 12.7. The van der Waals surface area contributed by atoms with E-state index >= 15 is 0 Å². The van der Waals surface area contributed by atoms with Gasteiger partial charge in [-0.25, -0.2) is 8.42 Å².